The molecule has 0 saturated heterocycles. The van der Waals surface area contributed by atoms with E-state index in [-0.39, 0.29) is 5.82 Å². The summed E-state index contributed by atoms with van der Waals surface area (Å²) in [7, 11) is 0. The van der Waals surface area contributed by atoms with E-state index in [1.54, 1.807) is 30.3 Å². The van der Waals surface area contributed by atoms with Gasteiger partial charge in [0.1, 0.15) is 5.82 Å². The molecule has 3 aromatic rings. The van der Waals surface area contributed by atoms with Gasteiger partial charge in [0.25, 0.3) is 5.22 Å². The van der Waals surface area contributed by atoms with Gasteiger partial charge in [-0.1, -0.05) is 47.6 Å². The van der Waals surface area contributed by atoms with Crippen LogP contribution in [-0.2, 0) is 5.75 Å². The highest BCUT2D eigenvalue weighted by Crippen LogP contribution is 2.27. The Hall–Kier alpha value is -1.85. The van der Waals surface area contributed by atoms with E-state index >= 15 is 0 Å². The van der Waals surface area contributed by atoms with E-state index in [0.29, 0.717) is 27.5 Å². The first-order valence-electron chi connectivity index (χ1n) is 6.18. The number of aromatic nitrogens is 2. The number of hydrogen-bond acceptors (Lipinski definition) is 4. The second kappa shape index (κ2) is 6.28. The van der Waals surface area contributed by atoms with E-state index in [2.05, 4.69) is 10.2 Å². The Morgan fingerprint density at radius 3 is 2.76 bits per heavy atom. The molecule has 21 heavy (non-hydrogen) atoms. The van der Waals surface area contributed by atoms with Gasteiger partial charge in [0.2, 0.25) is 5.89 Å². The minimum atomic E-state index is -0.237. The van der Waals surface area contributed by atoms with Gasteiger partial charge >= 0.3 is 0 Å². The summed E-state index contributed by atoms with van der Waals surface area (Å²) in [6, 6.07) is 13.8. The molecule has 0 aliphatic heterocycles. The van der Waals surface area contributed by atoms with Gasteiger partial charge in [0, 0.05) is 16.3 Å². The molecule has 0 amide bonds. The first kappa shape index (κ1) is 14.1. The van der Waals surface area contributed by atoms with Crippen LogP contribution in [-0.4, -0.2) is 10.2 Å². The van der Waals surface area contributed by atoms with Crippen molar-refractivity contribution < 1.29 is 8.81 Å². The first-order valence-corrected chi connectivity index (χ1v) is 7.54. The molecule has 0 N–H and O–H groups in total. The van der Waals surface area contributed by atoms with Crippen LogP contribution in [0.3, 0.4) is 0 Å². The quantitative estimate of drug-likeness (QED) is 0.646. The van der Waals surface area contributed by atoms with Crippen LogP contribution in [0, 0.1) is 5.82 Å². The van der Waals surface area contributed by atoms with E-state index < -0.39 is 0 Å². The van der Waals surface area contributed by atoms with Crippen LogP contribution in [0.15, 0.2) is 58.2 Å². The molecule has 0 bridgehead atoms. The van der Waals surface area contributed by atoms with Crippen LogP contribution in [0.1, 0.15) is 5.56 Å². The average molecular weight is 321 g/mol. The van der Waals surface area contributed by atoms with E-state index in [0.717, 1.165) is 5.56 Å². The second-order valence-electron chi connectivity index (χ2n) is 4.26. The SMILES string of the molecule is Fc1ccccc1CSc1nnc(-c2cccc(Cl)c2)o1. The zero-order valence-corrected chi connectivity index (χ0v) is 12.4. The summed E-state index contributed by atoms with van der Waals surface area (Å²) in [6.07, 6.45) is 0. The molecule has 0 unspecified atom stereocenters. The second-order valence-corrected chi connectivity index (χ2v) is 5.63. The van der Waals surface area contributed by atoms with Crippen LogP contribution in [0.5, 0.6) is 0 Å². The molecule has 0 aliphatic carbocycles. The van der Waals surface area contributed by atoms with E-state index in [1.165, 1.54) is 17.8 Å². The summed E-state index contributed by atoms with van der Waals surface area (Å²) in [5.41, 5.74) is 1.36. The topological polar surface area (TPSA) is 38.9 Å². The third kappa shape index (κ3) is 3.43. The normalized spacial score (nSPS) is 10.8. The van der Waals surface area contributed by atoms with E-state index in [4.69, 9.17) is 16.0 Å². The fourth-order valence-electron chi connectivity index (χ4n) is 1.76. The van der Waals surface area contributed by atoms with Crippen LogP contribution in [0.4, 0.5) is 4.39 Å². The standard InChI is InChI=1S/C15H10ClFN2OS/c16-12-6-3-5-10(8-12)14-18-19-15(20-14)21-9-11-4-1-2-7-13(11)17/h1-8H,9H2. The smallest absolute Gasteiger partial charge is 0.277 e. The van der Waals surface area contributed by atoms with E-state index in [9.17, 15) is 4.39 Å². The van der Waals surface area contributed by atoms with Crippen molar-refractivity contribution >= 4 is 23.4 Å². The molecule has 0 spiro atoms. The molecule has 0 atom stereocenters. The number of nitrogens with zero attached hydrogens (tertiary/aromatic N) is 2. The van der Waals surface area contributed by atoms with Crippen molar-refractivity contribution in [3.63, 3.8) is 0 Å². The van der Waals surface area contributed by atoms with Gasteiger partial charge in [-0.25, -0.2) is 4.39 Å². The lowest BCUT2D eigenvalue weighted by atomic mass is 10.2. The maximum Gasteiger partial charge on any atom is 0.277 e. The molecular formula is C15H10ClFN2OS. The summed E-state index contributed by atoms with van der Waals surface area (Å²) in [5.74, 6) is 0.595. The van der Waals surface area contributed by atoms with Crippen molar-refractivity contribution in [2.75, 3.05) is 0 Å². The number of rotatable bonds is 4. The average Bonchev–Trinajstić information content (AvgIpc) is 2.95. The minimum Gasteiger partial charge on any atom is -0.411 e. The Morgan fingerprint density at radius 2 is 1.95 bits per heavy atom. The fourth-order valence-corrected chi connectivity index (χ4v) is 2.70. The predicted molar refractivity (Wildman–Crippen MR) is 80.7 cm³/mol. The van der Waals surface area contributed by atoms with Crippen molar-refractivity contribution in [3.8, 4) is 11.5 Å². The lowest BCUT2D eigenvalue weighted by Gasteiger charge is -1.99. The van der Waals surface area contributed by atoms with Gasteiger partial charge in [-0.15, -0.1) is 10.2 Å². The maximum atomic E-state index is 13.5. The molecule has 0 fully saturated rings. The Balaban J connectivity index is 1.72. The molecule has 0 saturated carbocycles. The number of halogens is 2. The first-order chi connectivity index (χ1) is 10.2. The van der Waals surface area contributed by atoms with Gasteiger partial charge < -0.3 is 4.42 Å². The number of hydrogen-bond donors (Lipinski definition) is 0. The van der Waals surface area contributed by atoms with Crippen molar-refractivity contribution in [2.45, 2.75) is 11.0 Å². The molecule has 1 heterocycles. The zero-order chi connectivity index (χ0) is 14.7. The lowest BCUT2D eigenvalue weighted by Crippen LogP contribution is -1.86. The van der Waals surface area contributed by atoms with Crippen LogP contribution < -0.4 is 0 Å². The summed E-state index contributed by atoms with van der Waals surface area (Å²) in [4.78, 5) is 0. The highest BCUT2D eigenvalue weighted by atomic mass is 35.5. The lowest BCUT2D eigenvalue weighted by molar-refractivity contribution is 0.465. The van der Waals surface area contributed by atoms with Gasteiger partial charge in [0.15, 0.2) is 0 Å². The largest absolute Gasteiger partial charge is 0.411 e. The van der Waals surface area contributed by atoms with Crippen molar-refractivity contribution in [1.29, 1.82) is 0 Å². The Bertz CT molecular complexity index is 763. The van der Waals surface area contributed by atoms with Gasteiger partial charge in [-0.05, 0) is 29.8 Å². The summed E-state index contributed by atoms with van der Waals surface area (Å²) in [6.45, 7) is 0. The third-order valence-corrected chi connectivity index (χ3v) is 3.89. The molecule has 1 aromatic heterocycles. The van der Waals surface area contributed by atoms with Gasteiger partial charge in [-0.2, -0.15) is 0 Å². The summed E-state index contributed by atoms with van der Waals surface area (Å²) in [5, 5.41) is 8.92. The molecule has 3 rings (SSSR count). The van der Waals surface area contributed by atoms with Crippen molar-refractivity contribution in [1.82, 2.24) is 10.2 Å². The molecule has 3 nitrogen and oxygen atoms in total. The van der Waals surface area contributed by atoms with Gasteiger partial charge in [0.05, 0.1) is 0 Å². The predicted octanol–water partition coefficient (Wildman–Crippen LogP) is 4.82. The molecular weight excluding hydrogens is 311 g/mol. The highest BCUT2D eigenvalue weighted by molar-refractivity contribution is 7.98. The highest BCUT2D eigenvalue weighted by Gasteiger charge is 2.10. The molecule has 0 aliphatic rings. The number of thioether (sulfide) groups is 1. The Labute approximate surface area is 130 Å². The van der Waals surface area contributed by atoms with Crippen molar-refractivity contribution in [2.24, 2.45) is 0 Å². The molecule has 2 aromatic carbocycles. The Kier molecular flexibility index (Phi) is 4.22. The molecule has 0 radical (unpaired) electrons. The fraction of sp³-hybridized carbons (Fsp3) is 0.0667. The van der Waals surface area contributed by atoms with Crippen LogP contribution in [0.2, 0.25) is 5.02 Å². The monoisotopic (exact) mass is 320 g/mol. The molecule has 106 valence electrons. The summed E-state index contributed by atoms with van der Waals surface area (Å²) < 4.78 is 19.1. The third-order valence-electron chi connectivity index (χ3n) is 2.79. The molecule has 6 heteroatoms. The van der Waals surface area contributed by atoms with E-state index in [1.807, 2.05) is 12.1 Å². The van der Waals surface area contributed by atoms with Gasteiger partial charge in [-0.3, -0.25) is 0 Å². The summed E-state index contributed by atoms with van der Waals surface area (Å²) >= 11 is 7.22. The maximum absolute atomic E-state index is 13.5. The minimum absolute atomic E-state index is 0.237. The van der Waals surface area contributed by atoms with Crippen molar-refractivity contribution in [3.05, 3.63) is 64.9 Å². The van der Waals surface area contributed by atoms with Crippen LogP contribution >= 0.6 is 23.4 Å². The van der Waals surface area contributed by atoms with Crippen LogP contribution in [0.25, 0.3) is 11.5 Å². The zero-order valence-electron chi connectivity index (χ0n) is 10.8. The number of benzene rings is 2. The Morgan fingerprint density at radius 1 is 1.10 bits per heavy atom.